The fraction of sp³-hybridized carbons (Fsp3) is 0.600. The molecule has 0 aromatic heterocycles. The quantitative estimate of drug-likeness (QED) is 0.804. The first-order valence-corrected chi connectivity index (χ1v) is 6.99. The summed E-state index contributed by atoms with van der Waals surface area (Å²) in [5, 5.41) is 9.36. The second-order valence-corrected chi connectivity index (χ2v) is 5.12. The summed E-state index contributed by atoms with van der Waals surface area (Å²) in [6.45, 7) is 5.52. The van der Waals surface area contributed by atoms with Gasteiger partial charge in [-0.15, -0.1) is 0 Å². The minimum absolute atomic E-state index is 0.269. The van der Waals surface area contributed by atoms with Gasteiger partial charge in [0.15, 0.2) is 11.6 Å². The summed E-state index contributed by atoms with van der Waals surface area (Å²) >= 11 is 0. The third-order valence-electron chi connectivity index (χ3n) is 3.51. The van der Waals surface area contributed by atoms with Crippen LogP contribution in [-0.2, 0) is 0 Å². The molecule has 1 aliphatic rings. The zero-order chi connectivity index (χ0) is 13.7. The van der Waals surface area contributed by atoms with Gasteiger partial charge >= 0.3 is 0 Å². The van der Waals surface area contributed by atoms with Crippen LogP contribution in [0.1, 0.15) is 37.9 Å². The molecule has 0 amide bonds. The van der Waals surface area contributed by atoms with E-state index in [0.717, 1.165) is 13.0 Å². The fourth-order valence-electron chi connectivity index (χ4n) is 2.37. The van der Waals surface area contributed by atoms with Gasteiger partial charge in [0.25, 0.3) is 0 Å². The van der Waals surface area contributed by atoms with E-state index in [1.54, 1.807) is 19.1 Å². The van der Waals surface area contributed by atoms with Crippen LogP contribution in [-0.4, -0.2) is 36.2 Å². The maximum absolute atomic E-state index is 13.7. The molecular weight excluding hydrogens is 245 g/mol. The summed E-state index contributed by atoms with van der Waals surface area (Å²) in [5.74, 6) is -0.134. The SMILES string of the molecule is C[C@@H](O)c1ccc(OCCCN2CCCC2)c(F)c1. The molecule has 1 N–H and O–H groups in total. The van der Waals surface area contributed by atoms with Gasteiger partial charge < -0.3 is 14.7 Å². The zero-order valence-corrected chi connectivity index (χ0v) is 11.4. The van der Waals surface area contributed by atoms with E-state index in [0.29, 0.717) is 12.2 Å². The number of hydrogen-bond acceptors (Lipinski definition) is 3. The molecule has 4 heteroatoms. The highest BCUT2D eigenvalue weighted by Gasteiger charge is 2.11. The van der Waals surface area contributed by atoms with E-state index in [-0.39, 0.29) is 5.75 Å². The summed E-state index contributed by atoms with van der Waals surface area (Å²) in [7, 11) is 0. The highest BCUT2D eigenvalue weighted by molar-refractivity contribution is 5.30. The predicted octanol–water partition coefficient (Wildman–Crippen LogP) is 2.74. The lowest BCUT2D eigenvalue weighted by atomic mass is 10.1. The molecule has 0 unspecified atom stereocenters. The molecule has 0 saturated carbocycles. The first-order chi connectivity index (χ1) is 9.16. The maximum atomic E-state index is 13.7. The van der Waals surface area contributed by atoms with Gasteiger partial charge in [0.2, 0.25) is 0 Å². The molecule has 1 saturated heterocycles. The summed E-state index contributed by atoms with van der Waals surface area (Å²) in [5.41, 5.74) is 0.571. The first-order valence-electron chi connectivity index (χ1n) is 6.99. The van der Waals surface area contributed by atoms with Crippen LogP contribution in [0, 0.1) is 5.82 Å². The number of benzene rings is 1. The van der Waals surface area contributed by atoms with Crippen molar-refractivity contribution in [2.75, 3.05) is 26.2 Å². The van der Waals surface area contributed by atoms with Crippen molar-refractivity contribution in [1.29, 1.82) is 0 Å². The van der Waals surface area contributed by atoms with E-state index in [9.17, 15) is 9.50 Å². The first kappa shape index (κ1) is 14.3. The second kappa shape index (κ2) is 6.87. The van der Waals surface area contributed by atoms with E-state index < -0.39 is 11.9 Å². The number of hydrogen-bond donors (Lipinski definition) is 1. The van der Waals surface area contributed by atoms with Crippen LogP contribution in [0.5, 0.6) is 5.75 Å². The molecule has 2 rings (SSSR count). The number of ether oxygens (including phenoxy) is 1. The number of halogens is 1. The molecule has 0 aliphatic carbocycles. The highest BCUT2D eigenvalue weighted by Crippen LogP contribution is 2.22. The Labute approximate surface area is 114 Å². The standard InChI is InChI=1S/C15H22FNO2/c1-12(18)13-5-6-15(14(16)11-13)19-10-4-9-17-7-2-3-8-17/h5-6,11-12,18H,2-4,7-10H2,1H3/t12-/m1/s1. The number of likely N-dealkylation sites (tertiary alicyclic amines) is 1. The summed E-state index contributed by atoms with van der Waals surface area (Å²) < 4.78 is 19.1. The van der Waals surface area contributed by atoms with Crippen molar-refractivity contribution in [3.8, 4) is 5.75 Å². The Bertz CT molecular complexity index is 403. The number of nitrogens with zero attached hydrogens (tertiary/aromatic N) is 1. The Kier molecular flexibility index (Phi) is 5.16. The third-order valence-corrected chi connectivity index (χ3v) is 3.51. The van der Waals surface area contributed by atoms with Crippen LogP contribution in [0.3, 0.4) is 0 Å². The highest BCUT2D eigenvalue weighted by atomic mass is 19.1. The summed E-state index contributed by atoms with van der Waals surface area (Å²) in [6.07, 6.45) is 2.84. The Morgan fingerprint density at radius 2 is 2.11 bits per heavy atom. The van der Waals surface area contributed by atoms with Crippen molar-refractivity contribution in [1.82, 2.24) is 4.90 Å². The summed E-state index contributed by atoms with van der Waals surface area (Å²) in [6, 6.07) is 4.62. The van der Waals surface area contributed by atoms with E-state index in [1.807, 2.05) is 0 Å². The average molecular weight is 267 g/mol. The van der Waals surface area contributed by atoms with Gasteiger partial charge in [-0.1, -0.05) is 6.07 Å². The van der Waals surface area contributed by atoms with E-state index in [4.69, 9.17) is 4.74 Å². The minimum atomic E-state index is -0.654. The normalized spacial score (nSPS) is 17.6. The van der Waals surface area contributed by atoms with Crippen molar-refractivity contribution in [2.24, 2.45) is 0 Å². The van der Waals surface area contributed by atoms with Gasteiger partial charge in [0, 0.05) is 6.54 Å². The summed E-state index contributed by atoms with van der Waals surface area (Å²) in [4.78, 5) is 2.41. The lowest BCUT2D eigenvalue weighted by molar-refractivity contribution is 0.198. The van der Waals surface area contributed by atoms with Crippen LogP contribution in [0.4, 0.5) is 4.39 Å². The molecule has 1 atom stereocenters. The van der Waals surface area contributed by atoms with Crippen molar-refractivity contribution in [3.05, 3.63) is 29.6 Å². The van der Waals surface area contributed by atoms with Crippen LogP contribution in [0.2, 0.25) is 0 Å². The molecule has 1 heterocycles. The molecule has 1 aromatic rings. The molecule has 0 radical (unpaired) electrons. The van der Waals surface area contributed by atoms with Crippen molar-refractivity contribution in [2.45, 2.75) is 32.3 Å². The largest absolute Gasteiger partial charge is 0.490 e. The number of aliphatic hydroxyl groups excluding tert-OH is 1. The molecular formula is C15H22FNO2. The van der Waals surface area contributed by atoms with Crippen LogP contribution < -0.4 is 4.74 Å². The van der Waals surface area contributed by atoms with Crippen LogP contribution >= 0.6 is 0 Å². The van der Waals surface area contributed by atoms with Gasteiger partial charge in [0.1, 0.15) is 0 Å². The topological polar surface area (TPSA) is 32.7 Å². The predicted molar refractivity (Wildman–Crippen MR) is 72.8 cm³/mol. The van der Waals surface area contributed by atoms with E-state index in [2.05, 4.69) is 4.90 Å². The molecule has 1 fully saturated rings. The Morgan fingerprint density at radius 3 is 2.74 bits per heavy atom. The van der Waals surface area contributed by atoms with Crippen molar-refractivity contribution in [3.63, 3.8) is 0 Å². The number of aliphatic hydroxyl groups is 1. The molecule has 0 spiro atoms. The van der Waals surface area contributed by atoms with E-state index >= 15 is 0 Å². The third kappa shape index (κ3) is 4.18. The lowest BCUT2D eigenvalue weighted by Gasteiger charge is -2.15. The van der Waals surface area contributed by atoms with Gasteiger partial charge in [-0.2, -0.15) is 0 Å². The Hall–Kier alpha value is -1.13. The molecule has 1 aromatic carbocycles. The van der Waals surface area contributed by atoms with Crippen molar-refractivity contribution >= 4 is 0 Å². The monoisotopic (exact) mass is 267 g/mol. The van der Waals surface area contributed by atoms with Crippen LogP contribution in [0.15, 0.2) is 18.2 Å². The van der Waals surface area contributed by atoms with Gasteiger partial charge in [-0.05, 0) is 57.0 Å². The second-order valence-electron chi connectivity index (χ2n) is 5.12. The minimum Gasteiger partial charge on any atom is -0.490 e. The van der Waals surface area contributed by atoms with E-state index in [1.165, 1.54) is 32.0 Å². The zero-order valence-electron chi connectivity index (χ0n) is 11.4. The van der Waals surface area contributed by atoms with Crippen molar-refractivity contribution < 1.29 is 14.2 Å². The molecule has 106 valence electrons. The fourth-order valence-corrected chi connectivity index (χ4v) is 2.37. The van der Waals surface area contributed by atoms with Gasteiger partial charge in [0.05, 0.1) is 12.7 Å². The molecule has 0 bridgehead atoms. The number of rotatable bonds is 6. The molecule has 1 aliphatic heterocycles. The Morgan fingerprint density at radius 1 is 1.37 bits per heavy atom. The van der Waals surface area contributed by atoms with Gasteiger partial charge in [-0.25, -0.2) is 4.39 Å². The molecule has 19 heavy (non-hydrogen) atoms. The van der Waals surface area contributed by atoms with Crippen LogP contribution in [0.25, 0.3) is 0 Å². The van der Waals surface area contributed by atoms with Gasteiger partial charge in [-0.3, -0.25) is 0 Å². The molecule has 3 nitrogen and oxygen atoms in total. The smallest absolute Gasteiger partial charge is 0.165 e. The lowest BCUT2D eigenvalue weighted by Crippen LogP contribution is -2.22. The maximum Gasteiger partial charge on any atom is 0.165 e. The Balaban J connectivity index is 1.76. The average Bonchev–Trinajstić information content (AvgIpc) is 2.89.